The number of sulfonamides is 1. The van der Waals surface area contributed by atoms with E-state index in [4.69, 9.17) is 4.52 Å². The molecule has 1 amide bonds. The molecule has 0 fully saturated rings. The van der Waals surface area contributed by atoms with Crippen LogP contribution in [0.5, 0.6) is 0 Å². The van der Waals surface area contributed by atoms with E-state index in [2.05, 4.69) is 35.7 Å². The van der Waals surface area contributed by atoms with Crippen LogP contribution in [0, 0.1) is 13.8 Å². The molecule has 0 saturated heterocycles. The van der Waals surface area contributed by atoms with E-state index >= 15 is 0 Å². The number of carbonyl (C=O) groups excluding carboxylic acids is 1. The summed E-state index contributed by atoms with van der Waals surface area (Å²) < 4.78 is 32.3. The van der Waals surface area contributed by atoms with E-state index in [1.54, 1.807) is 24.4 Å². The van der Waals surface area contributed by atoms with Crippen molar-refractivity contribution in [1.82, 2.24) is 30.4 Å². The number of fused-ring (bicyclic) bond motifs is 1. The summed E-state index contributed by atoms with van der Waals surface area (Å²) in [6.45, 7) is 3.08. The summed E-state index contributed by atoms with van der Waals surface area (Å²) in [6, 6.07) is 9.00. The van der Waals surface area contributed by atoms with Crippen LogP contribution < -0.4 is 15.4 Å². The number of hydrogen-bond donors (Lipinski definition) is 5. The number of aromatic nitrogens is 4. The number of aliphatic carboxylic acids is 1. The lowest BCUT2D eigenvalue weighted by molar-refractivity contribution is -0.138. The Morgan fingerprint density at radius 1 is 1.18 bits per heavy atom. The summed E-state index contributed by atoms with van der Waals surface area (Å²) in [4.78, 5) is 28.4. The van der Waals surface area contributed by atoms with Gasteiger partial charge in [-0.2, -0.15) is 9.82 Å². The summed E-state index contributed by atoms with van der Waals surface area (Å²) in [5, 5.41) is 27.0. The molecule has 0 aliphatic rings. The number of nitrogens with zero attached hydrogens (tertiary/aromatic N) is 3. The molecule has 3 heterocycles. The van der Waals surface area contributed by atoms with Crippen LogP contribution in [-0.2, 0) is 21.2 Å². The number of benzene rings is 1. The number of carboxylic acid groups (broad SMARTS) is 1. The largest absolute Gasteiger partial charge is 0.480 e. The minimum absolute atomic E-state index is 0.0271. The third kappa shape index (κ3) is 6.15. The topological polar surface area (TPSA) is 192 Å². The van der Waals surface area contributed by atoms with Crippen molar-refractivity contribution in [2.45, 2.75) is 37.6 Å². The van der Waals surface area contributed by atoms with Gasteiger partial charge in [-0.25, -0.2) is 13.4 Å². The van der Waals surface area contributed by atoms with Crippen molar-refractivity contribution in [2.24, 2.45) is 0 Å². The van der Waals surface area contributed by atoms with Crippen molar-refractivity contribution in [3.05, 3.63) is 65.3 Å². The first-order valence-electron chi connectivity index (χ1n) is 11.7. The van der Waals surface area contributed by atoms with Crippen LogP contribution in [0.4, 0.5) is 5.82 Å². The smallest absolute Gasteiger partial charge is 0.323 e. The Morgan fingerprint density at radius 2 is 2.00 bits per heavy atom. The highest BCUT2D eigenvalue weighted by atomic mass is 32.2. The average molecular weight is 542 g/mol. The molecule has 14 heteroatoms. The molecule has 0 spiro atoms. The number of aryl methyl sites for hydroxylation is 3. The summed E-state index contributed by atoms with van der Waals surface area (Å²) in [5.74, 6) is -1.19. The molecule has 13 nitrogen and oxygen atoms in total. The Labute approximate surface area is 218 Å². The Morgan fingerprint density at radius 3 is 2.68 bits per heavy atom. The van der Waals surface area contributed by atoms with E-state index in [9.17, 15) is 23.1 Å². The van der Waals surface area contributed by atoms with E-state index in [0.717, 1.165) is 36.3 Å². The van der Waals surface area contributed by atoms with Gasteiger partial charge < -0.3 is 20.3 Å². The third-order valence-corrected chi connectivity index (χ3v) is 7.48. The van der Waals surface area contributed by atoms with Crippen molar-refractivity contribution in [3.63, 3.8) is 0 Å². The lowest BCUT2D eigenvalue weighted by atomic mass is 10.1. The number of pyridine rings is 1. The molecule has 4 rings (SSSR count). The zero-order valence-corrected chi connectivity index (χ0v) is 21.5. The average Bonchev–Trinajstić information content (AvgIpc) is 3.46. The standard InChI is InChI=1S/C24H27N7O6S/c1-14-22(15(2)37-30-14)38(35,36)31-20(24(33)34)13-27-23(32)16-8-9-17-18(28-29-19(17)12-16)6-5-11-26-21-7-3-4-10-25-21/h3-4,7-10,12,20,31H,5-6,11,13H2,1-2H3,(H,25,26)(H,27,32)(H,28,29)(H,33,34). The van der Waals surface area contributed by atoms with Crippen molar-refractivity contribution < 1.29 is 27.6 Å². The van der Waals surface area contributed by atoms with Gasteiger partial charge in [0.1, 0.15) is 22.4 Å². The summed E-state index contributed by atoms with van der Waals surface area (Å²) in [7, 11) is -4.25. The first-order chi connectivity index (χ1) is 18.2. The molecule has 1 atom stereocenters. The van der Waals surface area contributed by atoms with Gasteiger partial charge in [-0.15, -0.1) is 0 Å². The second-order valence-corrected chi connectivity index (χ2v) is 10.2. The Balaban J connectivity index is 1.35. The van der Waals surface area contributed by atoms with E-state index in [1.165, 1.54) is 13.8 Å². The zero-order chi connectivity index (χ0) is 27.3. The second kappa shape index (κ2) is 11.4. The zero-order valence-electron chi connectivity index (χ0n) is 20.7. The van der Waals surface area contributed by atoms with Gasteiger partial charge in [0.05, 0.1) is 5.52 Å². The molecule has 200 valence electrons. The maximum atomic E-state index is 12.7. The fourth-order valence-corrected chi connectivity index (χ4v) is 5.45. The van der Waals surface area contributed by atoms with Crippen molar-refractivity contribution >= 4 is 38.6 Å². The molecule has 38 heavy (non-hydrogen) atoms. The van der Waals surface area contributed by atoms with Crippen LogP contribution >= 0.6 is 0 Å². The number of rotatable bonds is 12. The molecule has 4 aromatic rings. The van der Waals surface area contributed by atoms with Gasteiger partial charge in [0.2, 0.25) is 10.0 Å². The molecular formula is C24H27N7O6S. The third-order valence-electron chi connectivity index (χ3n) is 5.77. The van der Waals surface area contributed by atoms with Gasteiger partial charge in [0.25, 0.3) is 5.91 Å². The van der Waals surface area contributed by atoms with Crippen LogP contribution in [0.25, 0.3) is 10.9 Å². The predicted molar refractivity (Wildman–Crippen MR) is 137 cm³/mol. The normalized spacial score (nSPS) is 12.4. The maximum Gasteiger partial charge on any atom is 0.323 e. The van der Waals surface area contributed by atoms with Gasteiger partial charge >= 0.3 is 5.97 Å². The molecular weight excluding hydrogens is 514 g/mol. The first kappa shape index (κ1) is 26.8. The van der Waals surface area contributed by atoms with Gasteiger partial charge in [0.15, 0.2) is 5.76 Å². The van der Waals surface area contributed by atoms with E-state index in [-0.39, 0.29) is 21.9 Å². The molecule has 1 unspecified atom stereocenters. The van der Waals surface area contributed by atoms with Gasteiger partial charge in [-0.05, 0) is 51.0 Å². The molecule has 0 radical (unpaired) electrons. The molecule has 1 aromatic carbocycles. The number of hydrogen-bond acceptors (Lipinski definition) is 9. The number of carbonyl (C=O) groups is 2. The van der Waals surface area contributed by atoms with Crippen LogP contribution in [0.15, 0.2) is 52.0 Å². The minimum atomic E-state index is -4.25. The monoisotopic (exact) mass is 541 g/mol. The van der Waals surface area contributed by atoms with Crippen LogP contribution in [0.3, 0.4) is 0 Å². The molecule has 5 N–H and O–H groups in total. The lowest BCUT2D eigenvalue weighted by Crippen LogP contribution is -2.48. The number of nitrogens with one attached hydrogen (secondary N) is 4. The van der Waals surface area contributed by atoms with Crippen molar-refractivity contribution in [1.29, 1.82) is 0 Å². The quantitative estimate of drug-likeness (QED) is 0.165. The fourth-order valence-electron chi connectivity index (χ4n) is 3.93. The number of H-pyrrole nitrogens is 1. The Kier molecular flexibility index (Phi) is 8.02. The molecule has 0 saturated carbocycles. The summed E-state index contributed by atoms with van der Waals surface area (Å²) >= 11 is 0. The first-order valence-corrected chi connectivity index (χ1v) is 13.2. The van der Waals surface area contributed by atoms with E-state index < -0.39 is 34.5 Å². The fraction of sp³-hybridized carbons (Fsp3) is 0.292. The molecule has 0 bridgehead atoms. The predicted octanol–water partition coefficient (Wildman–Crippen LogP) is 1.77. The SMILES string of the molecule is Cc1noc(C)c1S(=O)(=O)NC(CNC(=O)c1ccc2c(CCCNc3ccccn3)[nH]nc2c1)C(=O)O. The van der Waals surface area contributed by atoms with Crippen LogP contribution in [0.2, 0.25) is 0 Å². The van der Waals surface area contributed by atoms with E-state index in [0.29, 0.717) is 5.52 Å². The highest BCUT2D eigenvalue weighted by molar-refractivity contribution is 7.89. The minimum Gasteiger partial charge on any atom is -0.480 e. The number of anilines is 1. The van der Waals surface area contributed by atoms with E-state index in [1.807, 2.05) is 18.2 Å². The van der Waals surface area contributed by atoms with Crippen LogP contribution in [0.1, 0.15) is 33.9 Å². The number of aromatic amines is 1. The molecule has 0 aliphatic carbocycles. The Bertz CT molecular complexity index is 1530. The van der Waals surface area contributed by atoms with Gasteiger partial charge in [-0.3, -0.25) is 14.7 Å². The lowest BCUT2D eigenvalue weighted by Gasteiger charge is -2.15. The van der Waals surface area contributed by atoms with Gasteiger partial charge in [-0.1, -0.05) is 17.3 Å². The molecule has 3 aromatic heterocycles. The van der Waals surface area contributed by atoms with Crippen molar-refractivity contribution in [3.8, 4) is 0 Å². The number of amides is 1. The summed E-state index contributed by atoms with van der Waals surface area (Å²) in [6.07, 6.45) is 3.28. The van der Waals surface area contributed by atoms with Crippen molar-refractivity contribution in [2.75, 3.05) is 18.4 Å². The summed E-state index contributed by atoms with van der Waals surface area (Å²) in [5.41, 5.74) is 1.86. The van der Waals surface area contributed by atoms with Gasteiger partial charge in [0, 0.05) is 35.9 Å². The Hall–Kier alpha value is -4.30. The second-order valence-electron chi connectivity index (χ2n) is 8.55. The number of carboxylic acids is 1. The highest BCUT2D eigenvalue weighted by Crippen LogP contribution is 2.20. The highest BCUT2D eigenvalue weighted by Gasteiger charge is 2.30. The van der Waals surface area contributed by atoms with Crippen LogP contribution in [-0.4, -0.2) is 64.9 Å². The molecule has 0 aliphatic heterocycles. The maximum absolute atomic E-state index is 12.7.